The highest BCUT2D eigenvalue weighted by Gasteiger charge is 2.17. The molecule has 0 aromatic heterocycles. The van der Waals surface area contributed by atoms with E-state index in [9.17, 15) is 9.18 Å². The Labute approximate surface area is 126 Å². The van der Waals surface area contributed by atoms with Crippen molar-refractivity contribution in [3.8, 4) is 0 Å². The molecule has 106 valence electrons. The van der Waals surface area contributed by atoms with Crippen molar-refractivity contribution in [1.82, 2.24) is 10.6 Å². The van der Waals surface area contributed by atoms with E-state index in [1.165, 1.54) is 12.1 Å². The van der Waals surface area contributed by atoms with Crippen LogP contribution < -0.4 is 10.6 Å². The van der Waals surface area contributed by atoms with Crippen molar-refractivity contribution in [2.45, 2.75) is 19.4 Å². The van der Waals surface area contributed by atoms with Gasteiger partial charge in [0.25, 0.3) is 0 Å². The average molecular weight is 352 g/mol. The molecule has 1 amide bonds. The first-order valence-electron chi connectivity index (χ1n) is 6.06. The third-order valence-electron chi connectivity index (χ3n) is 3.12. The Bertz CT molecular complexity index is 439. The summed E-state index contributed by atoms with van der Waals surface area (Å²) >= 11 is 3.34. The number of amides is 1. The van der Waals surface area contributed by atoms with E-state index < -0.39 is 0 Å². The standard InChI is InChI=1S/C13H16BrFN2O.ClH/c14-12-2-1-11(15)6-10(12)8-17-13(18)5-9-3-4-16-7-9;/h1-2,6,9,16H,3-5,7-8H2,(H,17,18);1H. The molecule has 1 heterocycles. The zero-order chi connectivity index (χ0) is 13.0. The van der Waals surface area contributed by atoms with Crippen LogP contribution in [-0.4, -0.2) is 19.0 Å². The van der Waals surface area contributed by atoms with E-state index >= 15 is 0 Å². The Morgan fingerprint density at radius 2 is 2.32 bits per heavy atom. The molecule has 19 heavy (non-hydrogen) atoms. The summed E-state index contributed by atoms with van der Waals surface area (Å²) < 4.78 is 13.9. The van der Waals surface area contributed by atoms with E-state index in [2.05, 4.69) is 26.6 Å². The van der Waals surface area contributed by atoms with Gasteiger partial charge in [0, 0.05) is 17.4 Å². The van der Waals surface area contributed by atoms with Crippen LogP contribution in [0.4, 0.5) is 4.39 Å². The SMILES string of the molecule is Cl.O=C(CC1CCNC1)NCc1cc(F)ccc1Br. The Morgan fingerprint density at radius 1 is 1.53 bits per heavy atom. The minimum atomic E-state index is -0.289. The second-order valence-electron chi connectivity index (χ2n) is 4.58. The van der Waals surface area contributed by atoms with E-state index in [0.29, 0.717) is 18.9 Å². The monoisotopic (exact) mass is 350 g/mol. The lowest BCUT2D eigenvalue weighted by Crippen LogP contribution is -2.26. The Balaban J connectivity index is 0.00000180. The summed E-state index contributed by atoms with van der Waals surface area (Å²) in [5.41, 5.74) is 0.757. The molecule has 1 aromatic carbocycles. The summed E-state index contributed by atoms with van der Waals surface area (Å²) in [7, 11) is 0. The van der Waals surface area contributed by atoms with Gasteiger partial charge >= 0.3 is 0 Å². The second kappa shape index (κ2) is 7.82. The zero-order valence-corrected chi connectivity index (χ0v) is 12.8. The molecule has 1 fully saturated rings. The van der Waals surface area contributed by atoms with Crippen molar-refractivity contribution in [2.75, 3.05) is 13.1 Å². The molecule has 1 aliphatic heterocycles. The number of benzene rings is 1. The van der Waals surface area contributed by atoms with Crippen LogP contribution in [0.2, 0.25) is 0 Å². The van der Waals surface area contributed by atoms with E-state index in [4.69, 9.17) is 0 Å². The number of rotatable bonds is 4. The number of carbonyl (C=O) groups is 1. The predicted molar refractivity (Wildman–Crippen MR) is 78.8 cm³/mol. The van der Waals surface area contributed by atoms with E-state index in [-0.39, 0.29) is 24.1 Å². The van der Waals surface area contributed by atoms with Gasteiger partial charge in [-0.2, -0.15) is 0 Å². The molecule has 1 aromatic rings. The minimum Gasteiger partial charge on any atom is -0.352 e. The lowest BCUT2D eigenvalue weighted by molar-refractivity contribution is -0.122. The van der Waals surface area contributed by atoms with Crippen LogP contribution >= 0.6 is 28.3 Å². The van der Waals surface area contributed by atoms with Crippen LogP contribution in [0, 0.1) is 11.7 Å². The smallest absolute Gasteiger partial charge is 0.220 e. The van der Waals surface area contributed by atoms with Gasteiger partial charge in [-0.3, -0.25) is 4.79 Å². The molecule has 0 bridgehead atoms. The topological polar surface area (TPSA) is 41.1 Å². The molecule has 6 heteroatoms. The molecule has 0 spiro atoms. The van der Waals surface area contributed by atoms with Crippen LogP contribution in [0.1, 0.15) is 18.4 Å². The first-order valence-corrected chi connectivity index (χ1v) is 6.86. The highest BCUT2D eigenvalue weighted by atomic mass is 79.9. The number of halogens is 3. The van der Waals surface area contributed by atoms with Gasteiger partial charge in [0.1, 0.15) is 5.82 Å². The van der Waals surface area contributed by atoms with Crippen molar-refractivity contribution in [3.05, 3.63) is 34.1 Å². The third-order valence-corrected chi connectivity index (χ3v) is 3.89. The Hall–Kier alpha value is -0.650. The summed E-state index contributed by atoms with van der Waals surface area (Å²) in [5.74, 6) is 0.170. The molecule has 0 saturated carbocycles. The largest absolute Gasteiger partial charge is 0.352 e. The maximum atomic E-state index is 13.1. The van der Waals surface area contributed by atoms with Gasteiger partial charge in [-0.1, -0.05) is 15.9 Å². The van der Waals surface area contributed by atoms with Gasteiger partial charge in [0.15, 0.2) is 0 Å². The van der Waals surface area contributed by atoms with Gasteiger partial charge in [-0.25, -0.2) is 4.39 Å². The van der Waals surface area contributed by atoms with Crippen molar-refractivity contribution < 1.29 is 9.18 Å². The number of hydrogen-bond acceptors (Lipinski definition) is 2. The first-order chi connectivity index (χ1) is 8.65. The average Bonchev–Trinajstić information content (AvgIpc) is 2.83. The fraction of sp³-hybridized carbons (Fsp3) is 0.462. The number of nitrogens with one attached hydrogen (secondary N) is 2. The lowest BCUT2D eigenvalue weighted by atomic mass is 10.0. The lowest BCUT2D eigenvalue weighted by Gasteiger charge is -2.10. The molecule has 3 nitrogen and oxygen atoms in total. The van der Waals surface area contributed by atoms with Crippen LogP contribution in [0.5, 0.6) is 0 Å². The summed E-state index contributed by atoms with van der Waals surface area (Å²) in [5, 5.41) is 6.06. The molecule has 1 atom stereocenters. The molecule has 1 saturated heterocycles. The summed E-state index contributed by atoms with van der Waals surface area (Å²) in [6.07, 6.45) is 1.59. The number of hydrogen-bond donors (Lipinski definition) is 2. The molecule has 2 rings (SSSR count). The van der Waals surface area contributed by atoms with E-state index in [0.717, 1.165) is 29.5 Å². The van der Waals surface area contributed by atoms with Crippen molar-refractivity contribution in [1.29, 1.82) is 0 Å². The van der Waals surface area contributed by atoms with Gasteiger partial charge in [0.05, 0.1) is 0 Å². The fourth-order valence-electron chi connectivity index (χ4n) is 2.10. The summed E-state index contributed by atoms with van der Waals surface area (Å²) in [6.45, 7) is 2.27. The molecule has 2 N–H and O–H groups in total. The van der Waals surface area contributed by atoms with Crippen molar-refractivity contribution >= 4 is 34.2 Å². The Kier molecular flexibility index (Phi) is 6.75. The highest BCUT2D eigenvalue weighted by molar-refractivity contribution is 9.10. The van der Waals surface area contributed by atoms with Gasteiger partial charge < -0.3 is 10.6 Å². The third kappa shape index (κ3) is 5.09. The van der Waals surface area contributed by atoms with Gasteiger partial charge in [-0.05, 0) is 49.2 Å². The van der Waals surface area contributed by atoms with E-state index in [1.54, 1.807) is 6.07 Å². The van der Waals surface area contributed by atoms with Gasteiger partial charge in [0.2, 0.25) is 5.91 Å². The fourth-order valence-corrected chi connectivity index (χ4v) is 2.48. The van der Waals surface area contributed by atoms with Crippen molar-refractivity contribution in [3.63, 3.8) is 0 Å². The summed E-state index contributed by atoms with van der Waals surface area (Å²) in [4.78, 5) is 11.7. The van der Waals surface area contributed by atoms with Crippen LogP contribution in [0.3, 0.4) is 0 Å². The minimum absolute atomic E-state index is 0. The quantitative estimate of drug-likeness (QED) is 0.875. The maximum absolute atomic E-state index is 13.1. The van der Waals surface area contributed by atoms with Crippen LogP contribution in [0.25, 0.3) is 0 Å². The van der Waals surface area contributed by atoms with Crippen LogP contribution in [0.15, 0.2) is 22.7 Å². The summed E-state index contributed by atoms with van der Waals surface area (Å²) in [6, 6.07) is 4.47. The molecule has 1 unspecified atom stereocenters. The molecule has 0 aliphatic carbocycles. The molecular formula is C13H17BrClFN2O. The highest BCUT2D eigenvalue weighted by Crippen LogP contribution is 2.18. The van der Waals surface area contributed by atoms with Crippen molar-refractivity contribution in [2.24, 2.45) is 5.92 Å². The molecule has 1 aliphatic rings. The normalized spacial score (nSPS) is 17.9. The van der Waals surface area contributed by atoms with E-state index in [1.807, 2.05) is 0 Å². The van der Waals surface area contributed by atoms with Crippen LogP contribution in [-0.2, 0) is 11.3 Å². The maximum Gasteiger partial charge on any atom is 0.220 e. The predicted octanol–water partition coefficient (Wildman–Crippen LogP) is 2.63. The molecular weight excluding hydrogens is 335 g/mol. The first kappa shape index (κ1) is 16.4. The second-order valence-corrected chi connectivity index (χ2v) is 5.43. The molecule has 0 radical (unpaired) electrons. The Morgan fingerprint density at radius 3 is 3.00 bits per heavy atom. The van der Waals surface area contributed by atoms with Gasteiger partial charge in [-0.15, -0.1) is 12.4 Å². The zero-order valence-electron chi connectivity index (χ0n) is 10.4. The number of carbonyl (C=O) groups excluding carboxylic acids is 1.